The molecule has 0 amide bonds. The fourth-order valence-electron chi connectivity index (χ4n) is 2.53. The maximum atomic E-state index is 13.4. The molecule has 1 rings (SSSR count). The molecule has 0 aliphatic carbocycles. The predicted octanol–water partition coefficient (Wildman–Crippen LogP) is 5.17. The Labute approximate surface area is 159 Å². The molecule has 0 aliphatic heterocycles. The number of nitro benzene ring substituents is 1. The second-order valence-electron chi connectivity index (χ2n) is 5.37. The van der Waals surface area contributed by atoms with E-state index < -0.39 is 25.8 Å². The molecule has 11 heteroatoms. The molecular weight excluding hydrogens is 396 g/mol. The van der Waals surface area contributed by atoms with E-state index in [9.17, 15) is 19.2 Å². The van der Waals surface area contributed by atoms with Gasteiger partial charge in [-0.1, -0.05) is 12.1 Å². The number of rotatable bonds is 13. The van der Waals surface area contributed by atoms with Crippen LogP contribution in [-0.4, -0.2) is 37.5 Å². The van der Waals surface area contributed by atoms with Crippen molar-refractivity contribution in [2.45, 2.75) is 33.4 Å². The van der Waals surface area contributed by atoms with E-state index >= 15 is 0 Å². The Morgan fingerprint density at radius 3 is 1.70 bits per heavy atom. The van der Waals surface area contributed by atoms with Crippen LogP contribution < -0.4 is 0 Å². The first-order valence-corrected chi connectivity index (χ1v) is 12.1. The third-order valence-corrected chi connectivity index (χ3v) is 8.42. The van der Waals surface area contributed by atoms with Crippen LogP contribution in [0, 0.1) is 10.1 Å². The van der Waals surface area contributed by atoms with Crippen molar-refractivity contribution >= 4 is 20.9 Å². The molecule has 0 radical (unpaired) electrons. The van der Waals surface area contributed by atoms with Gasteiger partial charge in [0.1, 0.15) is 0 Å². The first-order chi connectivity index (χ1) is 12.7. The second kappa shape index (κ2) is 11.1. The Bertz CT molecular complexity index is 674. The summed E-state index contributed by atoms with van der Waals surface area (Å²) >= 11 is 0. The first kappa shape index (κ1) is 24.0. The van der Waals surface area contributed by atoms with Crippen molar-refractivity contribution in [3.05, 3.63) is 39.9 Å². The minimum Gasteiger partial charge on any atom is -0.309 e. The number of hydrogen-bond acceptors (Lipinski definition) is 8. The van der Waals surface area contributed by atoms with Gasteiger partial charge in [0.25, 0.3) is 5.69 Å². The molecule has 0 heterocycles. The summed E-state index contributed by atoms with van der Waals surface area (Å²) in [6.07, 6.45) is -0.232. The summed E-state index contributed by atoms with van der Waals surface area (Å²) in [5, 5.41) is 10.9. The average molecular weight is 423 g/mol. The van der Waals surface area contributed by atoms with Crippen molar-refractivity contribution in [3.8, 4) is 0 Å². The van der Waals surface area contributed by atoms with Crippen LogP contribution in [0.15, 0.2) is 24.3 Å². The van der Waals surface area contributed by atoms with Crippen LogP contribution in [0.1, 0.15) is 38.9 Å². The molecule has 0 fully saturated rings. The fourth-order valence-corrected chi connectivity index (χ4v) is 7.33. The van der Waals surface area contributed by atoms with Crippen molar-refractivity contribution in [2.24, 2.45) is 0 Å². The number of nitro groups is 1. The molecular formula is C16H27NO8P2. The Hall–Kier alpha value is -1.08. The monoisotopic (exact) mass is 423 g/mol. The molecule has 1 aromatic rings. The smallest absolute Gasteiger partial charge is 0.309 e. The number of nitrogens with zero attached hydrogens (tertiary/aromatic N) is 1. The Kier molecular flexibility index (Phi) is 9.81. The summed E-state index contributed by atoms with van der Waals surface area (Å²) in [5.41, 5.74) is -0.634. The van der Waals surface area contributed by atoms with Gasteiger partial charge in [-0.2, -0.15) is 0 Å². The van der Waals surface area contributed by atoms with Gasteiger partial charge in [0.05, 0.1) is 43.2 Å². The third kappa shape index (κ3) is 6.79. The van der Waals surface area contributed by atoms with E-state index in [1.54, 1.807) is 27.7 Å². The maximum Gasteiger partial charge on any atom is 0.338 e. The van der Waals surface area contributed by atoms with Crippen LogP contribution in [0.25, 0.3) is 0 Å². The van der Waals surface area contributed by atoms with Crippen LogP contribution in [0.2, 0.25) is 0 Å². The quantitative estimate of drug-likeness (QED) is 0.243. The summed E-state index contributed by atoms with van der Waals surface area (Å²) in [4.78, 5) is 10.4. The summed E-state index contributed by atoms with van der Waals surface area (Å²) in [7, 11) is -7.32. The zero-order chi connectivity index (χ0) is 20.5. The highest BCUT2D eigenvalue weighted by molar-refractivity contribution is 7.58. The van der Waals surface area contributed by atoms with Crippen molar-refractivity contribution in [1.82, 2.24) is 0 Å². The number of hydrogen-bond donors (Lipinski definition) is 0. The molecule has 27 heavy (non-hydrogen) atoms. The van der Waals surface area contributed by atoms with Gasteiger partial charge in [-0.25, -0.2) is 0 Å². The van der Waals surface area contributed by atoms with Crippen molar-refractivity contribution < 1.29 is 32.1 Å². The maximum absolute atomic E-state index is 13.4. The van der Waals surface area contributed by atoms with Gasteiger partial charge in [-0.15, -0.1) is 0 Å². The van der Waals surface area contributed by atoms with E-state index in [-0.39, 0.29) is 38.3 Å². The van der Waals surface area contributed by atoms with Crippen molar-refractivity contribution in [2.75, 3.05) is 32.6 Å². The number of non-ortho nitro benzene ring substituents is 1. The van der Waals surface area contributed by atoms with Gasteiger partial charge in [-0.3, -0.25) is 19.2 Å². The molecule has 1 unspecified atom stereocenters. The Morgan fingerprint density at radius 1 is 0.889 bits per heavy atom. The molecule has 154 valence electrons. The minimum atomic E-state index is -3.74. The predicted molar refractivity (Wildman–Crippen MR) is 102 cm³/mol. The molecule has 0 aliphatic rings. The van der Waals surface area contributed by atoms with Crippen LogP contribution in [0.4, 0.5) is 5.69 Å². The van der Waals surface area contributed by atoms with Crippen molar-refractivity contribution in [1.29, 1.82) is 0 Å². The van der Waals surface area contributed by atoms with E-state index in [4.69, 9.17) is 18.1 Å². The molecule has 0 spiro atoms. The highest BCUT2D eigenvalue weighted by Crippen LogP contribution is 2.66. The molecule has 0 bridgehead atoms. The summed E-state index contributed by atoms with van der Waals surface area (Å²) in [6.45, 7) is 7.24. The lowest BCUT2D eigenvalue weighted by Gasteiger charge is -2.29. The SMILES string of the molecule is CCOP(=O)(CC(c1ccc([N+](=O)[O-])cc1)P(=O)(OCC)OCC)OCC. The van der Waals surface area contributed by atoms with Crippen LogP contribution in [-0.2, 0) is 27.2 Å². The molecule has 0 saturated carbocycles. The van der Waals surface area contributed by atoms with E-state index in [1.165, 1.54) is 24.3 Å². The molecule has 0 saturated heterocycles. The largest absolute Gasteiger partial charge is 0.338 e. The highest BCUT2D eigenvalue weighted by Gasteiger charge is 2.43. The number of benzene rings is 1. The van der Waals surface area contributed by atoms with Gasteiger partial charge < -0.3 is 18.1 Å². The van der Waals surface area contributed by atoms with E-state index in [2.05, 4.69) is 0 Å². The lowest BCUT2D eigenvalue weighted by Crippen LogP contribution is -2.13. The van der Waals surface area contributed by atoms with Gasteiger partial charge >= 0.3 is 15.2 Å². The van der Waals surface area contributed by atoms with Crippen molar-refractivity contribution in [3.63, 3.8) is 0 Å². The molecule has 0 N–H and O–H groups in total. The lowest BCUT2D eigenvalue weighted by atomic mass is 10.1. The normalized spacial score (nSPS) is 13.5. The first-order valence-electron chi connectivity index (χ1n) is 8.76. The van der Waals surface area contributed by atoms with E-state index in [0.29, 0.717) is 5.56 Å². The molecule has 1 atom stereocenters. The van der Waals surface area contributed by atoms with Crippen LogP contribution in [0.3, 0.4) is 0 Å². The van der Waals surface area contributed by atoms with E-state index in [1.807, 2.05) is 0 Å². The van der Waals surface area contributed by atoms with Crippen LogP contribution in [0.5, 0.6) is 0 Å². The third-order valence-electron chi connectivity index (χ3n) is 3.54. The zero-order valence-electron chi connectivity index (χ0n) is 16.0. The lowest BCUT2D eigenvalue weighted by molar-refractivity contribution is -0.384. The Morgan fingerprint density at radius 2 is 1.33 bits per heavy atom. The Balaban J connectivity index is 3.39. The summed E-state index contributed by atoms with van der Waals surface area (Å²) in [6, 6.07) is 5.49. The second-order valence-corrected chi connectivity index (χ2v) is 9.69. The summed E-state index contributed by atoms with van der Waals surface area (Å²) in [5.74, 6) is 0. The van der Waals surface area contributed by atoms with Gasteiger partial charge in [0.2, 0.25) is 0 Å². The average Bonchev–Trinajstić information content (AvgIpc) is 2.60. The van der Waals surface area contributed by atoms with Gasteiger partial charge in [0.15, 0.2) is 0 Å². The van der Waals surface area contributed by atoms with E-state index in [0.717, 1.165) is 0 Å². The minimum absolute atomic E-state index is 0.113. The molecule has 9 nitrogen and oxygen atoms in total. The van der Waals surface area contributed by atoms with Crippen LogP contribution >= 0.6 is 15.2 Å². The fraction of sp³-hybridized carbons (Fsp3) is 0.625. The molecule has 0 aromatic heterocycles. The summed E-state index contributed by atoms with van der Waals surface area (Å²) < 4.78 is 48.0. The standard InChI is InChI=1S/C16H27NO8P2/c1-5-22-26(20,23-6-2)13-16(27(21,24-7-3)25-8-4)14-9-11-15(12-10-14)17(18)19/h9-12,16H,5-8,13H2,1-4H3. The molecule has 1 aromatic carbocycles. The van der Waals surface area contributed by atoms with Gasteiger partial charge in [-0.05, 0) is 33.3 Å². The highest BCUT2D eigenvalue weighted by atomic mass is 31.2. The zero-order valence-corrected chi connectivity index (χ0v) is 17.8. The topological polar surface area (TPSA) is 114 Å². The van der Waals surface area contributed by atoms with Gasteiger partial charge in [0, 0.05) is 12.1 Å².